The molecule has 1 unspecified atom stereocenters. The standard InChI is InChI=1S/C18H22O8/c1-6-14(19)23-10-18(11-24-15(20)7-2,12-25-16(21)8-3)13(5)26-17(22)9-4/h6-9,13H,1-4,10-12H2,5H3. The lowest BCUT2D eigenvalue weighted by molar-refractivity contribution is -0.174. The SMILES string of the molecule is C=CC(=O)OCC(COC(=O)C=C)(COC(=O)C=C)C(C)OC(=O)C=C. The lowest BCUT2D eigenvalue weighted by atomic mass is 9.85. The summed E-state index contributed by atoms with van der Waals surface area (Å²) < 4.78 is 20.2. The predicted octanol–water partition coefficient (Wildman–Crippen LogP) is 1.28. The van der Waals surface area contributed by atoms with Gasteiger partial charge in [0.25, 0.3) is 0 Å². The topological polar surface area (TPSA) is 105 Å². The first-order chi connectivity index (χ1) is 12.2. The van der Waals surface area contributed by atoms with Gasteiger partial charge in [0.15, 0.2) is 0 Å². The van der Waals surface area contributed by atoms with Gasteiger partial charge in [0.1, 0.15) is 31.3 Å². The average molecular weight is 366 g/mol. The normalized spacial score (nSPS) is 11.3. The van der Waals surface area contributed by atoms with E-state index >= 15 is 0 Å². The van der Waals surface area contributed by atoms with E-state index in [0.29, 0.717) is 0 Å². The number of esters is 4. The Balaban J connectivity index is 5.65. The molecule has 0 spiro atoms. The van der Waals surface area contributed by atoms with Crippen LogP contribution in [0.15, 0.2) is 50.6 Å². The van der Waals surface area contributed by atoms with Crippen LogP contribution >= 0.6 is 0 Å². The Hall–Kier alpha value is -3.16. The van der Waals surface area contributed by atoms with Gasteiger partial charge in [-0.25, -0.2) is 19.2 Å². The van der Waals surface area contributed by atoms with Gasteiger partial charge in [0.05, 0.1) is 0 Å². The molecule has 26 heavy (non-hydrogen) atoms. The highest BCUT2D eigenvalue weighted by Gasteiger charge is 2.43. The van der Waals surface area contributed by atoms with Crippen molar-refractivity contribution in [1.82, 2.24) is 0 Å². The first-order valence-corrected chi connectivity index (χ1v) is 7.45. The Morgan fingerprint density at radius 2 is 1.04 bits per heavy atom. The first-order valence-electron chi connectivity index (χ1n) is 7.45. The average Bonchev–Trinajstić information content (AvgIpc) is 2.66. The van der Waals surface area contributed by atoms with Gasteiger partial charge >= 0.3 is 23.9 Å². The van der Waals surface area contributed by atoms with E-state index in [1.165, 1.54) is 6.92 Å². The molecule has 0 aromatic rings. The molecular weight excluding hydrogens is 344 g/mol. The molecule has 0 N–H and O–H groups in total. The van der Waals surface area contributed by atoms with Gasteiger partial charge in [-0.2, -0.15) is 0 Å². The van der Waals surface area contributed by atoms with Crippen molar-refractivity contribution in [2.45, 2.75) is 13.0 Å². The van der Waals surface area contributed by atoms with Crippen molar-refractivity contribution >= 4 is 23.9 Å². The maximum Gasteiger partial charge on any atom is 0.330 e. The molecular formula is C18H22O8. The fraction of sp³-hybridized carbons (Fsp3) is 0.333. The van der Waals surface area contributed by atoms with Gasteiger partial charge in [0, 0.05) is 24.3 Å². The Labute approximate surface area is 151 Å². The van der Waals surface area contributed by atoms with Gasteiger partial charge in [0.2, 0.25) is 0 Å². The van der Waals surface area contributed by atoms with E-state index in [1.54, 1.807) is 0 Å². The van der Waals surface area contributed by atoms with Crippen molar-refractivity contribution in [2.24, 2.45) is 5.41 Å². The molecule has 0 heterocycles. The number of rotatable bonds is 12. The summed E-state index contributed by atoms with van der Waals surface area (Å²) in [4.78, 5) is 45.8. The van der Waals surface area contributed by atoms with Crippen LogP contribution in [0.25, 0.3) is 0 Å². The fourth-order valence-corrected chi connectivity index (χ4v) is 1.65. The van der Waals surface area contributed by atoms with Crippen LogP contribution in [-0.4, -0.2) is 49.8 Å². The van der Waals surface area contributed by atoms with Crippen molar-refractivity contribution in [1.29, 1.82) is 0 Å². The summed E-state index contributed by atoms with van der Waals surface area (Å²) in [5.74, 6) is -3.05. The molecule has 8 heteroatoms. The van der Waals surface area contributed by atoms with E-state index in [0.717, 1.165) is 24.3 Å². The number of hydrogen-bond donors (Lipinski definition) is 0. The Morgan fingerprint density at radius 3 is 1.31 bits per heavy atom. The van der Waals surface area contributed by atoms with E-state index in [4.69, 9.17) is 18.9 Å². The molecule has 0 saturated carbocycles. The lowest BCUT2D eigenvalue weighted by Gasteiger charge is -2.36. The molecule has 0 bridgehead atoms. The number of hydrogen-bond acceptors (Lipinski definition) is 8. The Morgan fingerprint density at radius 1 is 0.731 bits per heavy atom. The largest absolute Gasteiger partial charge is 0.462 e. The quantitative estimate of drug-likeness (QED) is 0.289. The summed E-state index contributed by atoms with van der Waals surface area (Å²) in [6.07, 6.45) is 2.73. The third-order valence-electron chi connectivity index (χ3n) is 3.33. The molecule has 0 aliphatic rings. The Kier molecular flexibility index (Phi) is 10.0. The monoisotopic (exact) mass is 366 g/mol. The van der Waals surface area contributed by atoms with Crippen LogP contribution in [0.1, 0.15) is 6.92 Å². The Bertz CT molecular complexity index is 530. The van der Waals surface area contributed by atoms with Crippen LogP contribution in [-0.2, 0) is 38.1 Å². The minimum atomic E-state index is -1.38. The highest BCUT2D eigenvalue weighted by Crippen LogP contribution is 2.28. The zero-order chi connectivity index (χ0) is 20.2. The van der Waals surface area contributed by atoms with Gasteiger partial charge in [-0.05, 0) is 6.92 Å². The molecule has 0 aromatic heterocycles. The summed E-state index contributed by atoms with van der Waals surface area (Å²) >= 11 is 0. The minimum Gasteiger partial charge on any atom is -0.462 e. The van der Waals surface area contributed by atoms with Crippen LogP contribution in [0.5, 0.6) is 0 Å². The van der Waals surface area contributed by atoms with Crippen molar-refractivity contribution in [3.8, 4) is 0 Å². The maximum atomic E-state index is 11.5. The number of ether oxygens (including phenoxy) is 4. The molecule has 0 rings (SSSR count). The van der Waals surface area contributed by atoms with Gasteiger partial charge in [-0.3, -0.25) is 0 Å². The lowest BCUT2D eigenvalue weighted by Crippen LogP contribution is -2.48. The number of carbonyl (C=O) groups excluding carboxylic acids is 4. The van der Waals surface area contributed by atoms with Crippen molar-refractivity contribution in [2.75, 3.05) is 19.8 Å². The van der Waals surface area contributed by atoms with E-state index in [9.17, 15) is 19.2 Å². The van der Waals surface area contributed by atoms with Crippen LogP contribution in [0.2, 0.25) is 0 Å². The van der Waals surface area contributed by atoms with E-state index in [-0.39, 0.29) is 0 Å². The van der Waals surface area contributed by atoms with Crippen LogP contribution in [0, 0.1) is 5.41 Å². The third-order valence-corrected chi connectivity index (χ3v) is 3.33. The van der Waals surface area contributed by atoms with Crippen molar-refractivity contribution in [3.63, 3.8) is 0 Å². The van der Waals surface area contributed by atoms with Gasteiger partial charge in [-0.1, -0.05) is 26.3 Å². The molecule has 0 amide bonds. The van der Waals surface area contributed by atoms with Gasteiger partial charge < -0.3 is 18.9 Å². The maximum absolute atomic E-state index is 11.5. The van der Waals surface area contributed by atoms with E-state index < -0.39 is 55.2 Å². The summed E-state index contributed by atoms with van der Waals surface area (Å²) in [6.45, 7) is 13.4. The van der Waals surface area contributed by atoms with E-state index in [2.05, 4.69) is 26.3 Å². The predicted molar refractivity (Wildman–Crippen MR) is 91.7 cm³/mol. The van der Waals surface area contributed by atoms with E-state index in [1.807, 2.05) is 0 Å². The highest BCUT2D eigenvalue weighted by atomic mass is 16.6. The molecule has 142 valence electrons. The number of carbonyl (C=O) groups is 4. The summed E-state index contributed by atoms with van der Waals surface area (Å²) in [5.41, 5.74) is -1.38. The third kappa shape index (κ3) is 7.61. The zero-order valence-corrected chi connectivity index (χ0v) is 14.6. The molecule has 0 aliphatic carbocycles. The molecule has 1 atom stereocenters. The van der Waals surface area contributed by atoms with Gasteiger partial charge in [-0.15, -0.1) is 0 Å². The van der Waals surface area contributed by atoms with Crippen molar-refractivity contribution in [3.05, 3.63) is 50.6 Å². The molecule has 0 aliphatic heterocycles. The van der Waals surface area contributed by atoms with Crippen LogP contribution in [0.4, 0.5) is 0 Å². The van der Waals surface area contributed by atoms with Crippen LogP contribution < -0.4 is 0 Å². The zero-order valence-electron chi connectivity index (χ0n) is 14.6. The molecule has 0 aromatic carbocycles. The molecule has 0 radical (unpaired) electrons. The second-order valence-electron chi connectivity index (χ2n) is 5.08. The molecule has 0 fully saturated rings. The second-order valence-corrected chi connectivity index (χ2v) is 5.08. The highest BCUT2D eigenvalue weighted by molar-refractivity contribution is 5.82. The molecule has 0 saturated heterocycles. The summed E-state index contributed by atoms with van der Waals surface area (Å²) in [7, 11) is 0. The summed E-state index contributed by atoms with van der Waals surface area (Å²) in [5, 5.41) is 0. The second kappa shape index (κ2) is 11.4. The minimum absolute atomic E-state index is 0.391. The molecule has 8 nitrogen and oxygen atoms in total. The van der Waals surface area contributed by atoms with Crippen molar-refractivity contribution < 1.29 is 38.1 Å². The fourth-order valence-electron chi connectivity index (χ4n) is 1.65. The smallest absolute Gasteiger partial charge is 0.330 e. The first kappa shape index (κ1) is 22.8. The summed E-state index contributed by atoms with van der Waals surface area (Å²) in [6, 6.07) is 0. The van der Waals surface area contributed by atoms with Crippen LogP contribution in [0.3, 0.4) is 0 Å².